The first kappa shape index (κ1) is 25.8. The summed E-state index contributed by atoms with van der Waals surface area (Å²) in [5.41, 5.74) is 0.0660. The zero-order chi connectivity index (χ0) is 19.2. The summed E-state index contributed by atoms with van der Waals surface area (Å²) in [4.78, 5) is 13.6. The first-order chi connectivity index (χ1) is 11.2. The Morgan fingerprint density at radius 3 is 2.04 bits per heavy atom. The molecule has 4 heteroatoms. The fraction of sp³-hybridized carbons (Fsp3) is 0.950. The first-order valence-corrected chi connectivity index (χ1v) is 9.75. The third-order valence-electron chi connectivity index (χ3n) is 4.62. The number of ketones is 1. The van der Waals surface area contributed by atoms with E-state index >= 15 is 0 Å². The Labute approximate surface area is 151 Å². The third-order valence-corrected chi connectivity index (χ3v) is 4.62. The van der Waals surface area contributed by atoms with Gasteiger partial charge in [-0.1, -0.05) is 27.7 Å². The molecule has 0 saturated carbocycles. The minimum Gasteiger partial charge on any atom is -0.396 e. The van der Waals surface area contributed by atoms with Crippen molar-refractivity contribution in [2.24, 2.45) is 11.8 Å². The fourth-order valence-electron chi connectivity index (χ4n) is 2.76. The summed E-state index contributed by atoms with van der Waals surface area (Å²) in [6, 6.07) is 0. The van der Waals surface area contributed by atoms with Crippen molar-refractivity contribution in [2.75, 3.05) is 33.3 Å². The Morgan fingerprint density at radius 1 is 1.25 bits per heavy atom. The van der Waals surface area contributed by atoms with Crippen molar-refractivity contribution in [1.82, 2.24) is 10.2 Å². The van der Waals surface area contributed by atoms with E-state index in [9.17, 15) is 4.79 Å². The molecule has 0 aliphatic carbocycles. The van der Waals surface area contributed by atoms with Crippen molar-refractivity contribution in [3.8, 4) is 0 Å². The highest BCUT2D eigenvalue weighted by molar-refractivity contribution is 5.78. The zero-order valence-corrected chi connectivity index (χ0v) is 17.6. The predicted octanol–water partition coefficient (Wildman–Crippen LogP) is 3.73. The molecule has 0 aromatic rings. The lowest BCUT2D eigenvalue weighted by molar-refractivity contribution is -0.122. The number of nitrogens with zero attached hydrogens (tertiary/aromatic N) is 1. The standard InChI is InChI=1S/C12H23NO2.C6H15N.C2H6/c1-10(15)11-4-7-13(8-5-11)12(2,3)6-9-14;1-6(2)4-5-7-3;1-2/h11,14H,4-9H2,1-3H3;6-7H,4-5H2,1-3H3;1-2H3. The molecular formula is C20H44N2O2. The van der Waals surface area contributed by atoms with Gasteiger partial charge in [-0.25, -0.2) is 0 Å². The van der Waals surface area contributed by atoms with E-state index in [1.54, 1.807) is 6.92 Å². The minimum atomic E-state index is 0.0660. The van der Waals surface area contributed by atoms with E-state index in [1.807, 2.05) is 20.9 Å². The van der Waals surface area contributed by atoms with Crippen molar-refractivity contribution in [3.63, 3.8) is 0 Å². The molecule has 0 aromatic heterocycles. The van der Waals surface area contributed by atoms with Crippen molar-refractivity contribution in [2.45, 2.75) is 79.7 Å². The predicted molar refractivity (Wildman–Crippen MR) is 105 cm³/mol. The van der Waals surface area contributed by atoms with Gasteiger partial charge < -0.3 is 10.4 Å². The van der Waals surface area contributed by atoms with Crippen LogP contribution in [0.2, 0.25) is 0 Å². The van der Waals surface area contributed by atoms with Gasteiger partial charge in [0.2, 0.25) is 0 Å². The maximum absolute atomic E-state index is 11.2. The maximum atomic E-state index is 11.2. The van der Waals surface area contributed by atoms with E-state index in [4.69, 9.17) is 5.11 Å². The van der Waals surface area contributed by atoms with Crippen molar-refractivity contribution < 1.29 is 9.90 Å². The number of aliphatic hydroxyl groups is 1. The summed E-state index contributed by atoms with van der Waals surface area (Å²) < 4.78 is 0. The molecule has 1 rings (SSSR count). The number of carbonyl (C=O) groups excluding carboxylic acids is 1. The first-order valence-electron chi connectivity index (χ1n) is 9.75. The molecule has 24 heavy (non-hydrogen) atoms. The van der Waals surface area contributed by atoms with Crippen LogP contribution in [0.25, 0.3) is 0 Å². The molecule has 0 aromatic carbocycles. The average molecular weight is 345 g/mol. The highest BCUT2D eigenvalue weighted by Gasteiger charge is 2.31. The quantitative estimate of drug-likeness (QED) is 0.739. The molecule has 0 amide bonds. The second-order valence-corrected chi connectivity index (χ2v) is 7.44. The number of aliphatic hydroxyl groups excluding tert-OH is 1. The molecule has 1 aliphatic heterocycles. The van der Waals surface area contributed by atoms with Crippen LogP contribution in [0.5, 0.6) is 0 Å². The van der Waals surface area contributed by atoms with Gasteiger partial charge in [0, 0.05) is 18.1 Å². The Bertz CT molecular complexity index is 296. The second-order valence-electron chi connectivity index (χ2n) is 7.44. The van der Waals surface area contributed by atoms with Crippen LogP contribution in [-0.2, 0) is 4.79 Å². The summed E-state index contributed by atoms with van der Waals surface area (Å²) in [6.07, 6.45) is 4.04. The highest BCUT2D eigenvalue weighted by Crippen LogP contribution is 2.26. The third kappa shape index (κ3) is 12.0. The molecular weight excluding hydrogens is 300 g/mol. The van der Waals surface area contributed by atoms with E-state index in [0.29, 0.717) is 5.78 Å². The SMILES string of the molecule is CC.CC(=O)C1CCN(C(C)(C)CCO)CC1.CNCCC(C)C. The molecule has 1 saturated heterocycles. The Balaban J connectivity index is 0. The molecule has 1 aliphatic rings. The summed E-state index contributed by atoms with van der Waals surface area (Å²) in [6.45, 7) is 17.8. The summed E-state index contributed by atoms with van der Waals surface area (Å²) in [5.74, 6) is 1.44. The van der Waals surface area contributed by atoms with E-state index in [2.05, 4.69) is 37.9 Å². The van der Waals surface area contributed by atoms with E-state index in [0.717, 1.165) is 44.8 Å². The van der Waals surface area contributed by atoms with Gasteiger partial charge in [-0.05, 0) is 79.1 Å². The number of hydrogen-bond acceptors (Lipinski definition) is 4. The van der Waals surface area contributed by atoms with Crippen molar-refractivity contribution in [1.29, 1.82) is 0 Å². The van der Waals surface area contributed by atoms with Crippen LogP contribution in [0.15, 0.2) is 0 Å². The van der Waals surface area contributed by atoms with Gasteiger partial charge in [-0.3, -0.25) is 9.69 Å². The van der Waals surface area contributed by atoms with Gasteiger partial charge >= 0.3 is 0 Å². The lowest BCUT2D eigenvalue weighted by Gasteiger charge is -2.42. The van der Waals surface area contributed by atoms with E-state index < -0.39 is 0 Å². The number of nitrogens with one attached hydrogen (secondary N) is 1. The van der Waals surface area contributed by atoms with E-state index in [-0.39, 0.29) is 18.1 Å². The van der Waals surface area contributed by atoms with Crippen LogP contribution in [0.1, 0.15) is 74.1 Å². The zero-order valence-electron chi connectivity index (χ0n) is 17.6. The van der Waals surface area contributed by atoms with Crippen molar-refractivity contribution >= 4 is 5.78 Å². The van der Waals surface area contributed by atoms with Crippen molar-refractivity contribution in [3.05, 3.63) is 0 Å². The Kier molecular flexibility index (Phi) is 16.0. The minimum absolute atomic E-state index is 0.0660. The monoisotopic (exact) mass is 344 g/mol. The molecule has 0 unspecified atom stereocenters. The number of hydrogen-bond donors (Lipinski definition) is 2. The molecule has 2 N–H and O–H groups in total. The number of carbonyl (C=O) groups is 1. The normalized spacial score (nSPS) is 16.1. The van der Waals surface area contributed by atoms with Gasteiger partial charge in [0.1, 0.15) is 5.78 Å². The van der Waals surface area contributed by atoms with Crippen LogP contribution in [-0.4, -0.2) is 54.6 Å². The van der Waals surface area contributed by atoms with E-state index in [1.165, 1.54) is 6.42 Å². The Hall–Kier alpha value is -0.450. The van der Waals surface area contributed by atoms with Crippen LogP contribution >= 0.6 is 0 Å². The lowest BCUT2D eigenvalue weighted by Crippen LogP contribution is -2.49. The number of Topliss-reactive ketones (excluding diaryl/α,β-unsaturated/α-hetero) is 1. The topological polar surface area (TPSA) is 52.6 Å². The fourth-order valence-corrected chi connectivity index (χ4v) is 2.76. The molecule has 146 valence electrons. The maximum Gasteiger partial charge on any atom is 0.133 e. The van der Waals surface area contributed by atoms with Crippen LogP contribution < -0.4 is 5.32 Å². The number of piperidine rings is 1. The lowest BCUT2D eigenvalue weighted by atomic mass is 9.89. The average Bonchev–Trinajstić information content (AvgIpc) is 2.55. The van der Waals surface area contributed by atoms with Gasteiger partial charge in [0.25, 0.3) is 0 Å². The molecule has 1 heterocycles. The van der Waals surface area contributed by atoms with Gasteiger partial charge in [0.15, 0.2) is 0 Å². The van der Waals surface area contributed by atoms with Gasteiger partial charge in [-0.2, -0.15) is 0 Å². The molecule has 0 atom stereocenters. The molecule has 0 radical (unpaired) electrons. The van der Waals surface area contributed by atoms with Gasteiger partial charge in [-0.15, -0.1) is 0 Å². The van der Waals surface area contributed by atoms with Crippen LogP contribution in [0.4, 0.5) is 0 Å². The molecule has 1 fully saturated rings. The summed E-state index contributed by atoms with van der Waals surface area (Å²) in [7, 11) is 1.99. The second kappa shape index (κ2) is 14.9. The number of likely N-dealkylation sites (tertiary alicyclic amines) is 1. The largest absolute Gasteiger partial charge is 0.396 e. The Morgan fingerprint density at radius 2 is 1.75 bits per heavy atom. The van der Waals surface area contributed by atoms with Gasteiger partial charge in [0.05, 0.1) is 0 Å². The smallest absolute Gasteiger partial charge is 0.133 e. The molecule has 4 nitrogen and oxygen atoms in total. The number of rotatable bonds is 7. The van der Waals surface area contributed by atoms with Crippen LogP contribution in [0, 0.1) is 11.8 Å². The summed E-state index contributed by atoms with van der Waals surface area (Å²) in [5, 5.41) is 12.1. The highest BCUT2D eigenvalue weighted by atomic mass is 16.3. The van der Waals surface area contributed by atoms with Crippen LogP contribution in [0.3, 0.4) is 0 Å². The molecule has 0 spiro atoms. The summed E-state index contributed by atoms with van der Waals surface area (Å²) >= 11 is 0. The molecule has 0 bridgehead atoms.